The lowest BCUT2D eigenvalue weighted by Gasteiger charge is -2.29. The summed E-state index contributed by atoms with van der Waals surface area (Å²) in [5.74, 6) is 0.398. The first-order valence-electron chi connectivity index (χ1n) is 6.40. The highest BCUT2D eigenvalue weighted by Gasteiger charge is 2.26. The summed E-state index contributed by atoms with van der Waals surface area (Å²) in [6, 6.07) is 1.85. The SMILES string of the molecule is CC1CCCCC1n1c(=O)[nH]c2ccsc2c1=O. The average molecular weight is 264 g/mol. The van der Waals surface area contributed by atoms with Gasteiger partial charge < -0.3 is 4.98 Å². The third-order valence-electron chi connectivity index (χ3n) is 3.94. The number of rotatable bonds is 1. The van der Waals surface area contributed by atoms with E-state index < -0.39 is 0 Å². The van der Waals surface area contributed by atoms with Gasteiger partial charge in [-0.1, -0.05) is 19.8 Å². The molecule has 4 nitrogen and oxygen atoms in total. The maximum absolute atomic E-state index is 12.4. The van der Waals surface area contributed by atoms with Crippen molar-refractivity contribution in [2.24, 2.45) is 5.92 Å². The van der Waals surface area contributed by atoms with Crippen LogP contribution in [-0.4, -0.2) is 9.55 Å². The van der Waals surface area contributed by atoms with E-state index in [1.165, 1.54) is 22.3 Å². The molecule has 0 saturated heterocycles. The van der Waals surface area contributed by atoms with Crippen LogP contribution in [0.3, 0.4) is 0 Å². The highest BCUT2D eigenvalue weighted by atomic mass is 32.1. The zero-order valence-electron chi connectivity index (χ0n) is 10.3. The molecule has 2 aromatic rings. The van der Waals surface area contributed by atoms with E-state index in [0.29, 0.717) is 16.1 Å². The van der Waals surface area contributed by atoms with Crippen molar-refractivity contribution >= 4 is 21.6 Å². The van der Waals surface area contributed by atoms with Gasteiger partial charge in [-0.25, -0.2) is 4.79 Å². The van der Waals surface area contributed by atoms with Crippen LogP contribution in [0, 0.1) is 5.92 Å². The predicted octanol–water partition coefficient (Wildman–Crippen LogP) is 2.50. The Morgan fingerprint density at radius 3 is 2.89 bits per heavy atom. The minimum atomic E-state index is -0.260. The molecule has 1 aliphatic rings. The molecule has 2 aromatic heterocycles. The number of hydrogen-bond donors (Lipinski definition) is 1. The second kappa shape index (κ2) is 4.39. The Hall–Kier alpha value is -1.36. The average Bonchev–Trinajstić information content (AvgIpc) is 2.79. The van der Waals surface area contributed by atoms with E-state index in [9.17, 15) is 9.59 Å². The number of nitrogens with one attached hydrogen (secondary N) is 1. The first-order valence-corrected chi connectivity index (χ1v) is 7.28. The lowest BCUT2D eigenvalue weighted by atomic mass is 9.86. The first-order chi connectivity index (χ1) is 8.68. The van der Waals surface area contributed by atoms with Crippen molar-refractivity contribution in [2.75, 3.05) is 0 Å². The molecule has 0 amide bonds. The molecule has 1 fully saturated rings. The third kappa shape index (κ3) is 1.73. The second-order valence-corrected chi connectivity index (χ2v) is 6.01. The van der Waals surface area contributed by atoms with E-state index in [1.54, 1.807) is 6.07 Å². The Bertz CT molecular complexity index is 682. The van der Waals surface area contributed by atoms with Gasteiger partial charge in [0.25, 0.3) is 5.56 Å². The molecule has 0 aromatic carbocycles. The van der Waals surface area contributed by atoms with Gasteiger partial charge in [0.2, 0.25) is 0 Å². The van der Waals surface area contributed by atoms with Crippen molar-refractivity contribution in [2.45, 2.75) is 38.6 Å². The van der Waals surface area contributed by atoms with Crippen molar-refractivity contribution < 1.29 is 0 Å². The number of aromatic amines is 1. The maximum Gasteiger partial charge on any atom is 0.329 e. The van der Waals surface area contributed by atoms with Crippen LogP contribution in [0.2, 0.25) is 0 Å². The summed E-state index contributed by atoms with van der Waals surface area (Å²) in [7, 11) is 0. The molecular weight excluding hydrogens is 248 g/mol. The van der Waals surface area contributed by atoms with E-state index in [0.717, 1.165) is 19.3 Å². The largest absolute Gasteiger partial charge is 0.329 e. The van der Waals surface area contributed by atoms with Gasteiger partial charge in [-0.2, -0.15) is 0 Å². The first kappa shape index (κ1) is 11.7. The van der Waals surface area contributed by atoms with Gasteiger partial charge in [-0.3, -0.25) is 9.36 Å². The van der Waals surface area contributed by atoms with E-state index >= 15 is 0 Å². The molecule has 2 atom stereocenters. The van der Waals surface area contributed by atoms with Crippen molar-refractivity contribution in [3.8, 4) is 0 Å². The molecular formula is C13H16N2O2S. The van der Waals surface area contributed by atoms with Crippen molar-refractivity contribution in [1.82, 2.24) is 9.55 Å². The zero-order valence-corrected chi connectivity index (χ0v) is 11.1. The van der Waals surface area contributed by atoms with Gasteiger partial charge >= 0.3 is 5.69 Å². The predicted molar refractivity (Wildman–Crippen MR) is 73.4 cm³/mol. The lowest BCUT2D eigenvalue weighted by Crippen LogP contribution is -2.40. The normalized spacial score (nSPS) is 24.5. The molecule has 18 heavy (non-hydrogen) atoms. The summed E-state index contributed by atoms with van der Waals surface area (Å²) in [6.07, 6.45) is 4.33. The molecule has 2 unspecified atom stereocenters. The second-order valence-electron chi connectivity index (χ2n) is 5.10. The highest BCUT2D eigenvalue weighted by Crippen LogP contribution is 2.32. The summed E-state index contributed by atoms with van der Waals surface area (Å²) in [5.41, 5.74) is 0.280. The van der Waals surface area contributed by atoms with Crippen LogP contribution in [0.15, 0.2) is 21.0 Å². The molecule has 5 heteroatoms. The molecule has 1 N–H and O–H groups in total. The minimum Gasteiger partial charge on any atom is -0.306 e. The van der Waals surface area contributed by atoms with Crippen molar-refractivity contribution in [3.63, 3.8) is 0 Å². The number of thiophene rings is 1. The Morgan fingerprint density at radius 1 is 1.33 bits per heavy atom. The molecule has 0 aliphatic heterocycles. The quantitative estimate of drug-likeness (QED) is 0.860. The van der Waals surface area contributed by atoms with Crippen LogP contribution in [0.5, 0.6) is 0 Å². The molecule has 0 spiro atoms. The molecule has 1 saturated carbocycles. The molecule has 0 radical (unpaired) electrons. The number of aromatic nitrogens is 2. The lowest BCUT2D eigenvalue weighted by molar-refractivity contribution is 0.246. The number of H-pyrrole nitrogens is 1. The number of nitrogens with zero attached hydrogens (tertiary/aromatic N) is 1. The molecule has 0 bridgehead atoms. The van der Waals surface area contributed by atoms with Crippen LogP contribution in [0.4, 0.5) is 0 Å². The number of hydrogen-bond acceptors (Lipinski definition) is 3. The van der Waals surface area contributed by atoms with E-state index in [1.807, 2.05) is 5.38 Å². The van der Waals surface area contributed by atoms with E-state index in [4.69, 9.17) is 0 Å². The Labute approximate surface area is 108 Å². The van der Waals surface area contributed by atoms with Crippen LogP contribution < -0.4 is 11.2 Å². The standard InChI is InChI=1S/C13H16N2O2S/c1-8-4-2-3-5-10(8)15-12(16)11-9(6-7-18-11)14-13(15)17/h6-8,10H,2-5H2,1H3,(H,14,17). The van der Waals surface area contributed by atoms with Crippen molar-refractivity contribution in [1.29, 1.82) is 0 Å². The van der Waals surface area contributed by atoms with Crippen LogP contribution in [0.25, 0.3) is 10.2 Å². The third-order valence-corrected chi connectivity index (χ3v) is 4.84. The van der Waals surface area contributed by atoms with Gasteiger partial charge in [0.15, 0.2) is 0 Å². The monoisotopic (exact) mass is 264 g/mol. The zero-order chi connectivity index (χ0) is 12.7. The summed E-state index contributed by atoms with van der Waals surface area (Å²) in [5, 5.41) is 1.84. The van der Waals surface area contributed by atoms with Gasteiger partial charge in [-0.05, 0) is 30.2 Å². The van der Waals surface area contributed by atoms with Crippen LogP contribution in [0.1, 0.15) is 38.6 Å². The minimum absolute atomic E-state index is 0.0569. The Kier molecular flexibility index (Phi) is 2.86. The summed E-state index contributed by atoms with van der Waals surface area (Å²) >= 11 is 1.40. The maximum atomic E-state index is 12.4. The van der Waals surface area contributed by atoms with Crippen molar-refractivity contribution in [3.05, 3.63) is 32.3 Å². The fraction of sp³-hybridized carbons (Fsp3) is 0.538. The van der Waals surface area contributed by atoms with Crippen LogP contribution >= 0.6 is 11.3 Å². The summed E-state index contributed by atoms with van der Waals surface area (Å²) in [4.78, 5) is 27.3. The molecule has 96 valence electrons. The highest BCUT2D eigenvalue weighted by molar-refractivity contribution is 7.17. The molecule has 2 heterocycles. The van der Waals surface area contributed by atoms with E-state index in [-0.39, 0.29) is 17.3 Å². The molecule has 3 rings (SSSR count). The van der Waals surface area contributed by atoms with E-state index in [2.05, 4.69) is 11.9 Å². The Morgan fingerprint density at radius 2 is 2.11 bits per heavy atom. The number of fused-ring (bicyclic) bond motifs is 1. The van der Waals surface area contributed by atoms with Gasteiger partial charge in [0.1, 0.15) is 4.70 Å². The van der Waals surface area contributed by atoms with Gasteiger partial charge in [-0.15, -0.1) is 11.3 Å². The topological polar surface area (TPSA) is 54.9 Å². The fourth-order valence-electron chi connectivity index (χ4n) is 2.93. The molecule has 1 aliphatic carbocycles. The fourth-order valence-corrected chi connectivity index (χ4v) is 3.72. The summed E-state index contributed by atoms with van der Waals surface area (Å²) in [6.45, 7) is 2.13. The Balaban J connectivity index is 2.21. The van der Waals surface area contributed by atoms with Crippen LogP contribution in [-0.2, 0) is 0 Å². The smallest absolute Gasteiger partial charge is 0.306 e. The summed E-state index contributed by atoms with van der Waals surface area (Å²) < 4.78 is 2.11. The van der Waals surface area contributed by atoms with Gasteiger partial charge in [0, 0.05) is 6.04 Å². The van der Waals surface area contributed by atoms with Gasteiger partial charge in [0.05, 0.1) is 5.52 Å².